The lowest BCUT2D eigenvalue weighted by molar-refractivity contribution is -0.123. The third-order valence-electron chi connectivity index (χ3n) is 4.21. The molecule has 1 amide bonds. The second-order valence-corrected chi connectivity index (χ2v) is 7.90. The third-order valence-corrected chi connectivity index (χ3v) is 5.44. The molecule has 0 radical (unpaired) electrons. The molecule has 1 aromatic carbocycles. The predicted octanol–water partition coefficient (Wildman–Crippen LogP) is 4.00. The molecule has 1 saturated carbocycles. The number of thiazole rings is 1. The van der Waals surface area contributed by atoms with E-state index in [2.05, 4.69) is 34.6 Å². The van der Waals surface area contributed by atoms with E-state index < -0.39 is 5.54 Å². The standard InChI is InChI=1S/C18H22N2OS/c1-12-11-19-17(22-12)18(2,3)20-16(21)10-14-9-15(14)13-7-5-4-6-8-13/h4-8,11,14-15H,9-10H2,1-3H3,(H,20,21)/t14-,15-/m0/s1. The van der Waals surface area contributed by atoms with Gasteiger partial charge in [-0.1, -0.05) is 30.3 Å². The van der Waals surface area contributed by atoms with Crippen LogP contribution in [0, 0.1) is 12.8 Å². The van der Waals surface area contributed by atoms with Gasteiger partial charge in [-0.25, -0.2) is 4.98 Å². The van der Waals surface area contributed by atoms with Crippen LogP contribution in [0.25, 0.3) is 0 Å². The number of nitrogens with zero attached hydrogens (tertiary/aromatic N) is 1. The van der Waals surface area contributed by atoms with Crippen LogP contribution in [0.5, 0.6) is 0 Å². The molecule has 1 aliphatic carbocycles. The minimum absolute atomic E-state index is 0.126. The van der Waals surface area contributed by atoms with Crippen molar-refractivity contribution in [1.82, 2.24) is 10.3 Å². The highest BCUT2D eigenvalue weighted by Crippen LogP contribution is 2.49. The Labute approximate surface area is 135 Å². The number of hydrogen-bond acceptors (Lipinski definition) is 3. The molecule has 1 aliphatic rings. The van der Waals surface area contributed by atoms with E-state index in [-0.39, 0.29) is 5.91 Å². The van der Waals surface area contributed by atoms with Gasteiger partial charge in [-0.2, -0.15) is 0 Å². The average Bonchev–Trinajstić information content (AvgIpc) is 3.08. The quantitative estimate of drug-likeness (QED) is 0.906. The summed E-state index contributed by atoms with van der Waals surface area (Å²) in [5, 5.41) is 4.10. The molecule has 1 aromatic heterocycles. The second-order valence-electron chi connectivity index (χ2n) is 6.67. The number of amides is 1. The van der Waals surface area contributed by atoms with E-state index >= 15 is 0 Å². The van der Waals surface area contributed by atoms with Gasteiger partial charge in [0.25, 0.3) is 0 Å². The molecule has 0 bridgehead atoms. The second kappa shape index (κ2) is 5.84. The molecule has 0 aliphatic heterocycles. The zero-order valence-electron chi connectivity index (χ0n) is 13.3. The monoisotopic (exact) mass is 314 g/mol. The number of aryl methyl sites for hydroxylation is 1. The lowest BCUT2D eigenvalue weighted by atomic mass is 10.0. The minimum atomic E-state index is -0.396. The van der Waals surface area contributed by atoms with Crippen molar-refractivity contribution in [2.75, 3.05) is 0 Å². The van der Waals surface area contributed by atoms with Crippen molar-refractivity contribution in [3.63, 3.8) is 0 Å². The van der Waals surface area contributed by atoms with Gasteiger partial charge in [0.1, 0.15) is 5.01 Å². The fourth-order valence-electron chi connectivity index (χ4n) is 2.92. The van der Waals surface area contributed by atoms with E-state index in [1.165, 1.54) is 10.4 Å². The Balaban J connectivity index is 1.55. The van der Waals surface area contributed by atoms with Gasteiger partial charge >= 0.3 is 0 Å². The van der Waals surface area contributed by atoms with E-state index in [0.29, 0.717) is 18.3 Å². The Bertz CT molecular complexity index is 663. The van der Waals surface area contributed by atoms with Crippen molar-refractivity contribution in [3.05, 3.63) is 52.0 Å². The van der Waals surface area contributed by atoms with Crippen molar-refractivity contribution in [1.29, 1.82) is 0 Å². The molecule has 0 unspecified atom stereocenters. The molecular formula is C18H22N2OS. The molecule has 116 valence electrons. The van der Waals surface area contributed by atoms with Crippen LogP contribution in [-0.2, 0) is 10.3 Å². The van der Waals surface area contributed by atoms with Crippen molar-refractivity contribution in [2.24, 2.45) is 5.92 Å². The zero-order chi connectivity index (χ0) is 15.7. The summed E-state index contributed by atoms with van der Waals surface area (Å²) in [4.78, 5) is 17.9. The molecule has 4 heteroatoms. The highest BCUT2D eigenvalue weighted by molar-refractivity contribution is 7.11. The maximum atomic E-state index is 12.3. The Morgan fingerprint density at radius 1 is 1.36 bits per heavy atom. The first-order valence-electron chi connectivity index (χ1n) is 7.74. The first-order chi connectivity index (χ1) is 10.5. The van der Waals surface area contributed by atoms with Gasteiger partial charge in [0.2, 0.25) is 5.91 Å². The highest BCUT2D eigenvalue weighted by atomic mass is 32.1. The Hall–Kier alpha value is -1.68. The summed E-state index contributed by atoms with van der Waals surface area (Å²) in [5.74, 6) is 1.16. The van der Waals surface area contributed by atoms with Crippen molar-refractivity contribution in [2.45, 2.75) is 45.1 Å². The number of hydrogen-bond donors (Lipinski definition) is 1. The van der Waals surface area contributed by atoms with E-state index in [1.54, 1.807) is 11.3 Å². The normalized spacial score (nSPS) is 20.7. The summed E-state index contributed by atoms with van der Waals surface area (Å²) in [6.45, 7) is 6.07. The van der Waals surface area contributed by atoms with Crippen molar-refractivity contribution in [3.8, 4) is 0 Å². The number of benzene rings is 1. The average molecular weight is 314 g/mol. The van der Waals surface area contributed by atoms with Gasteiger partial charge < -0.3 is 5.32 Å². The van der Waals surface area contributed by atoms with E-state index in [9.17, 15) is 4.79 Å². The van der Waals surface area contributed by atoms with Crippen LogP contribution in [-0.4, -0.2) is 10.9 Å². The van der Waals surface area contributed by atoms with Gasteiger partial charge in [-0.15, -0.1) is 11.3 Å². The zero-order valence-corrected chi connectivity index (χ0v) is 14.1. The van der Waals surface area contributed by atoms with Crippen LogP contribution in [0.2, 0.25) is 0 Å². The first kappa shape index (κ1) is 15.2. The summed E-state index contributed by atoms with van der Waals surface area (Å²) in [5.41, 5.74) is 0.961. The van der Waals surface area contributed by atoms with Crippen LogP contribution in [0.1, 0.15) is 48.1 Å². The van der Waals surface area contributed by atoms with Crippen LogP contribution in [0.15, 0.2) is 36.5 Å². The fourth-order valence-corrected chi connectivity index (χ4v) is 3.74. The smallest absolute Gasteiger partial charge is 0.221 e. The summed E-state index contributed by atoms with van der Waals surface area (Å²) < 4.78 is 0. The molecule has 3 nitrogen and oxygen atoms in total. The van der Waals surface area contributed by atoms with Crippen LogP contribution < -0.4 is 5.32 Å². The molecule has 1 N–H and O–H groups in total. The lowest BCUT2D eigenvalue weighted by Crippen LogP contribution is -2.41. The van der Waals surface area contributed by atoms with Gasteiger partial charge in [0.05, 0.1) is 5.54 Å². The minimum Gasteiger partial charge on any atom is -0.345 e. The molecule has 22 heavy (non-hydrogen) atoms. The van der Waals surface area contributed by atoms with Crippen LogP contribution in [0.4, 0.5) is 0 Å². The van der Waals surface area contributed by atoms with Gasteiger partial charge in [0.15, 0.2) is 0 Å². The number of carbonyl (C=O) groups is 1. The molecule has 1 fully saturated rings. The third kappa shape index (κ3) is 3.38. The Morgan fingerprint density at radius 2 is 2.09 bits per heavy atom. The van der Waals surface area contributed by atoms with E-state index in [4.69, 9.17) is 0 Å². The summed E-state index contributed by atoms with van der Waals surface area (Å²) in [6.07, 6.45) is 3.59. The molecule has 1 heterocycles. The number of nitrogens with one attached hydrogen (secondary N) is 1. The van der Waals surface area contributed by atoms with E-state index in [1.807, 2.05) is 33.0 Å². The van der Waals surface area contributed by atoms with Gasteiger partial charge in [-0.3, -0.25) is 4.79 Å². The first-order valence-corrected chi connectivity index (χ1v) is 8.56. The number of carbonyl (C=O) groups excluding carboxylic acids is 1. The van der Waals surface area contributed by atoms with Crippen molar-refractivity contribution >= 4 is 17.2 Å². The summed E-state index contributed by atoms with van der Waals surface area (Å²) >= 11 is 1.64. The van der Waals surface area contributed by atoms with Crippen LogP contribution in [0.3, 0.4) is 0 Å². The lowest BCUT2D eigenvalue weighted by Gasteiger charge is -2.23. The maximum Gasteiger partial charge on any atom is 0.221 e. The summed E-state index contributed by atoms with van der Waals surface area (Å²) in [6, 6.07) is 10.5. The molecular weight excluding hydrogens is 292 g/mol. The molecule has 0 spiro atoms. The topological polar surface area (TPSA) is 42.0 Å². The van der Waals surface area contributed by atoms with E-state index in [0.717, 1.165) is 11.4 Å². The molecule has 3 rings (SSSR count). The molecule has 2 aromatic rings. The maximum absolute atomic E-state index is 12.3. The SMILES string of the molecule is Cc1cnc(C(C)(C)NC(=O)C[C@@H]2C[C@H]2c2ccccc2)s1. The van der Waals surface area contributed by atoms with Crippen LogP contribution >= 0.6 is 11.3 Å². The summed E-state index contributed by atoms with van der Waals surface area (Å²) in [7, 11) is 0. The van der Waals surface area contributed by atoms with Crippen molar-refractivity contribution < 1.29 is 4.79 Å². The predicted molar refractivity (Wildman–Crippen MR) is 89.9 cm³/mol. The Morgan fingerprint density at radius 3 is 2.73 bits per heavy atom. The number of aromatic nitrogens is 1. The van der Waals surface area contributed by atoms with Gasteiger partial charge in [0, 0.05) is 17.5 Å². The largest absolute Gasteiger partial charge is 0.345 e. The Kier molecular flexibility index (Phi) is 4.04. The molecule has 0 saturated heterocycles. The van der Waals surface area contributed by atoms with Gasteiger partial charge in [-0.05, 0) is 44.6 Å². The highest BCUT2D eigenvalue weighted by Gasteiger charge is 2.40. The fraction of sp³-hybridized carbons (Fsp3) is 0.444. The number of rotatable bonds is 5. The molecule has 2 atom stereocenters.